The van der Waals surface area contributed by atoms with Crippen molar-refractivity contribution in [3.8, 4) is 21.8 Å². The molecule has 0 aliphatic heterocycles. The first-order valence-corrected chi connectivity index (χ1v) is 7.80. The Hall–Kier alpha value is -2.72. The molecule has 0 bridgehead atoms. The van der Waals surface area contributed by atoms with Gasteiger partial charge in [-0.2, -0.15) is 0 Å². The Bertz CT molecular complexity index is 940. The fraction of sp³-hybridized carbons (Fsp3) is 0. The number of fused-ring (bicyclic) bond motifs is 1. The van der Waals surface area contributed by atoms with E-state index in [0.717, 1.165) is 21.8 Å². The maximum Gasteiger partial charge on any atom is 0.181 e. The SMILES string of the molecule is Nc1nc(-c2ccccn2)c(-c2cccc3ccccc23)s1. The lowest BCUT2D eigenvalue weighted by atomic mass is 10.0. The van der Waals surface area contributed by atoms with Crippen molar-refractivity contribution in [3.63, 3.8) is 0 Å². The third kappa shape index (κ3) is 2.14. The zero-order valence-electron chi connectivity index (χ0n) is 11.7. The van der Waals surface area contributed by atoms with E-state index < -0.39 is 0 Å². The topological polar surface area (TPSA) is 51.8 Å². The van der Waals surface area contributed by atoms with Gasteiger partial charge in [-0.25, -0.2) is 4.98 Å². The van der Waals surface area contributed by atoms with Gasteiger partial charge in [-0.3, -0.25) is 4.98 Å². The smallest absolute Gasteiger partial charge is 0.181 e. The fourth-order valence-electron chi connectivity index (χ4n) is 2.62. The van der Waals surface area contributed by atoms with Crippen molar-refractivity contribution in [2.24, 2.45) is 0 Å². The number of thiazole rings is 1. The number of aromatic nitrogens is 2. The summed E-state index contributed by atoms with van der Waals surface area (Å²) in [6, 6.07) is 20.5. The van der Waals surface area contributed by atoms with Gasteiger partial charge in [-0.05, 0) is 22.9 Å². The molecule has 0 radical (unpaired) electrons. The maximum absolute atomic E-state index is 5.98. The Morgan fingerprint density at radius 3 is 2.55 bits per heavy atom. The van der Waals surface area contributed by atoms with Crippen LogP contribution in [0.4, 0.5) is 5.13 Å². The first kappa shape index (κ1) is 13.0. The zero-order valence-corrected chi connectivity index (χ0v) is 12.5. The van der Waals surface area contributed by atoms with Crippen molar-refractivity contribution < 1.29 is 0 Å². The number of rotatable bonds is 2. The largest absolute Gasteiger partial charge is 0.375 e. The molecule has 0 atom stereocenters. The van der Waals surface area contributed by atoms with Gasteiger partial charge in [0, 0.05) is 11.8 Å². The molecule has 0 aliphatic rings. The number of anilines is 1. The highest BCUT2D eigenvalue weighted by atomic mass is 32.1. The van der Waals surface area contributed by atoms with Crippen LogP contribution in [0.3, 0.4) is 0 Å². The van der Waals surface area contributed by atoms with Crippen molar-refractivity contribution in [1.82, 2.24) is 9.97 Å². The monoisotopic (exact) mass is 303 g/mol. The Morgan fingerprint density at radius 2 is 1.68 bits per heavy atom. The second-order valence-electron chi connectivity index (χ2n) is 4.97. The van der Waals surface area contributed by atoms with Crippen molar-refractivity contribution in [3.05, 3.63) is 66.9 Å². The molecule has 2 N–H and O–H groups in total. The van der Waals surface area contributed by atoms with Crippen LogP contribution in [0.2, 0.25) is 0 Å². The Morgan fingerprint density at radius 1 is 0.864 bits per heavy atom. The summed E-state index contributed by atoms with van der Waals surface area (Å²) in [6.45, 7) is 0. The van der Waals surface area contributed by atoms with Crippen molar-refractivity contribution in [2.45, 2.75) is 0 Å². The Kier molecular flexibility index (Phi) is 3.09. The van der Waals surface area contributed by atoms with E-state index in [-0.39, 0.29) is 0 Å². The first-order valence-electron chi connectivity index (χ1n) is 6.99. The van der Waals surface area contributed by atoms with E-state index in [2.05, 4.69) is 46.4 Å². The molecule has 4 rings (SSSR count). The standard InChI is InChI=1S/C18H13N3S/c19-18-21-16(15-10-3-4-11-20-15)17(22-18)14-9-5-7-12-6-1-2-8-13(12)14/h1-11H,(H2,19,21). The van der Waals surface area contributed by atoms with Crippen LogP contribution in [0.1, 0.15) is 0 Å². The number of nitrogens with two attached hydrogens (primary N) is 1. The van der Waals surface area contributed by atoms with E-state index in [1.54, 1.807) is 6.20 Å². The highest BCUT2D eigenvalue weighted by molar-refractivity contribution is 7.19. The van der Waals surface area contributed by atoms with E-state index in [1.165, 1.54) is 22.1 Å². The van der Waals surface area contributed by atoms with Crippen LogP contribution in [0, 0.1) is 0 Å². The zero-order chi connectivity index (χ0) is 14.9. The lowest BCUT2D eigenvalue weighted by molar-refractivity contribution is 1.28. The molecule has 0 saturated heterocycles. The molecule has 4 aromatic rings. The average molecular weight is 303 g/mol. The molecule has 0 saturated carbocycles. The summed E-state index contributed by atoms with van der Waals surface area (Å²) >= 11 is 1.50. The highest BCUT2D eigenvalue weighted by Gasteiger charge is 2.16. The molecule has 22 heavy (non-hydrogen) atoms. The molecule has 106 valence electrons. The van der Waals surface area contributed by atoms with E-state index in [1.807, 2.05) is 24.3 Å². The predicted molar refractivity (Wildman–Crippen MR) is 92.7 cm³/mol. The summed E-state index contributed by atoms with van der Waals surface area (Å²) in [7, 11) is 0. The van der Waals surface area contributed by atoms with Crippen LogP contribution in [0.25, 0.3) is 32.6 Å². The summed E-state index contributed by atoms with van der Waals surface area (Å²) in [5, 5.41) is 2.97. The normalized spacial score (nSPS) is 10.9. The van der Waals surface area contributed by atoms with Crippen LogP contribution in [0.15, 0.2) is 66.9 Å². The van der Waals surface area contributed by atoms with E-state index >= 15 is 0 Å². The third-order valence-corrected chi connectivity index (χ3v) is 4.50. The molecule has 0 aliphatic carbocycles. The molecule has 2 aromatic carbocycles. The van der Waals surface area contributed by atoms with Gasteiger partial charge in [0.15, 0.2) is 5.13 Å². The second kappa shape index (κ2) is 5.24. The second-order valence-corrected chi connectivity index (χ2v) is 6.00. The minimum atomic E-state index is 0.559. The molecular formula is C18H13N3S. The molecule has 0 fully saturated rings. The number of nitrogen functional groups attached to an aromatic ring is 1. The first-order chi connectivity index (χ1) is 10.8. The summed E-state index contributed by atoms with van der Waals surface area (Å²) in [5.41, 5.74) is 8.82. The summed E-state index contributed by atoms with van der Waals surface area (Å²) in [4.78, 5) is 9.98. The minimum Gasteiger partial charge on any atom is -0.375 e. The van der Waals surface area contributed by atoms with Crippen LogP contribution in [-0.4, -0.2) is 9.97 Å². The molecule has 0 amide bonds. The summed E-state index contributed by atoms with van der Waals surface area (Å²) in [5.74, 6) is 0. The van der Waals surface area contributed by atoms with Crippen LogP contribution < -0.4 is 5.73 Å². The van der Waals surface area contributed by atoms with E-state index in [9.17, 15) is 0 Å². The van der Waals surface area contributed by atoms with Gasteiger partial charge in [-0.1, -0.05) is 59.9 Å². The number of nitrogens with zero attached hydrogens (tertiary/aromatic N) is 2. The van der Waals surface area contributed by atoms with Crippen LogP contribution in [-0.2, 0) is 0 Å². The molecule has 0 unspecified atom stereocenters. The summed E-state index contributed by atoms with van der Waals surface area (Å²) < 4.78 is 0. The fourth-order valence-corrected chi connectivity index (χ4v) is 3.50. The quantitative estimate of drug-likeness (QED) is 0.588. The van der Waals surface area contributed by atoms with Crippen molar-refractivity contribution in [2.75, 3.05) is 5.73 Å². The van der Waals surface area contributed by atoms with Gasteiger partial charge in [0.1, 0.15) is 5.69 Å². The van der Waals surface area contributed by atoms with Gasteiger partial charge in [0.25, 0.3) is 0 Å². The molecule has 3 nitrogen and oxygen atoms in total. The van der Waals surface area contributed by atoms with Crippen LogP contribution in [0.5, 0.6) is 0 Å². The van der Waals surface area contributed by atoms with Gasteiger partial charge in [0.05, 0.1) is 10.6 Å². The van der Waals surface area contributed by atoms with Gasteiger partial charge >= 0.3 is 0 Å². The molecule has 4 heteroatoms. The minimum absolute atomic E-state index is 0.559. The van der Waals surface area contributed by atoms with E-state index in [0.29, 0.717) is 5.13 Å². The van der Waals surface area contributed by atoms with Crippen LogP contribution >= 0.6 is 11.3 Å². The molecule has 0 spiro atoms. The predicted octanol–water partition coefficient (Wildman–Crippen LogP) is 4.61. The maximum atomic E-state index is 5.98. The lowest BCUT2D eigenvalue weighted by Gasteiger charge is -2.06. The van der Waals surface area contributed by atoms with Gasteiger partial charge < -0.3 is 5.73 Å². The number of hydrogen-bond acceptors (Lipinski definition) is 4. The highest BCUT2D eigenvalue weighted by Crippen LogP contribution is 2.40. The van der Waals surface area contributed by atoms with Gasteiger partial charge in [-0.15, -0.1) is 0 Å². The van der Waals surface area contributed by atoms with Gasteiger partial charge in [0.2, 0.25) is 0 Å². The molecule has 2 heterocycles. The lowest BCUT2D eigenvalue weighted by Crippen LogP contribution is -1.87. The number of hydrogen-bond donors (Lipinski definition) is 1. The van der Waals surface area contributed by atoms with Crippen molar-refractivity contribution >= 4 is 27.2 Å². The van der Waals surface area contributed by atoms with Crippen molar-refractivity contribution in [1.29, 1.82) is 0 Å². The number of pyridine rings is 1. The third-order valence-electron chi connectivity index (χ3n) is 3.59. The Labute approximate surface area is 132 Å². The Balaban J connectivity index is 2.00. The number of benzene rings is 2. The molecular weight excluding hydrogens is 290 g/mol. The average Bonchev–Trinajstić information content (AvgIpc) is 2.97. The summed E-state index contributed by atoms with van der Waals surface area (Å²) in [6.07, 6.45) is 1.78. The van der Waals surface area contributed by atoms with E-state index in [4.69, 9.17) is 5.73 Å². The molecule has 2 aromatic heterocycles.